The van der Waals surface area contributed by atoms with E-state index in [9.17, 15) is 4.39 Å². The Kier molecular flexibility index (Phi) is 3.52. The predicted octanol–water partition coefficient (Wildman–Crippen LogP) is 2.66. The third-order valence-corrected chi connectivity index (χ3v) is 1.99. The van der Waals surface area contributed by atoms with Gasteiger partial charge in [0.15, 0.2) is 5.96 Å². The zero-order valence-electron chi connectivity index (χ0n) is 10.1. The van der Waals surface area contributed by atoms with E-state index in [1.807, 2.05) is 20.8 Å². The number of aliphatic imine (C=N–C) groups is 1. The maximum absolute atomic E-state index is 13.2. The van der Waals surface area contributed by atoms with Crippen molar-refractivity contribution in [1.29, 1.82) is 0 Å². The Morgan fingerprint density at radius 2 is 2.00 bits per heavy atom. The molecule has 0 aliphatic heterocycles. The first kappa shape index (κ1) is 12.5. The predicted molar refractivity (Wildman–Crippen MR) is 66.1 cm³/mol. The number of hydrogen-bond acceptors (Lipinski definition) is 1. The van der Waals surface area contributed by atoms with Gasteiger partial charge < -0.3 is 11.1 Å². The maximum Gasteiger partial charge on any atom is 0.193 e. The van der Waals surface area contributed by atoms with Crippen LogP contribution in [-0.4, -0.2) is 11.5 Å². The van der Waals surface area contributed by atoms with E-state index >= 15 is 0 Å². The highest BCUT2D eigenvalue weighted by Crippen LogP contribution is 2.17. The summed E-state index contributed by atoms with van der Waals surface area (Å²) in [7, 11) is 0. The number of anilines is 1. The topological polar surface area (TPSA) is 50.4 Å². The van der Waals surface area contributed by atoms with Gasteiger partial charge in [0.1, 0.15) is 5.82 Å². The lowest BCUT2D eigenvalue weighted by atomic mass is 10.1. The molecule has 4 heteroatoms. The summed E-state index contributed by atoms with van der Waals surface area (Å²) in [4.78, 5) is 4.24. The van der Waals surface area contributed by atoms with E-state index in [1.54, 1.807) is 19.1 Å². The summed E-state index contributed by atoms with van der Waals surface area (Å²) in [5.74, 6) is 0.0368. The third-order valence-electron chi connectivity index (χ3n) is 1.99. The first-order chi connectivity index (χ1) is 7.29. The van der Waals surface area contributed by atoms with Gasteiger partial charge in [-0.25, -0.2) is 9.38 Å². The molecule has 0 amide bonds. The fourth-order valence-electron chi connectivity index (χ4n) is 1.27. The van der Waals surface area contributed by atoms with Gasteiger partial charge in [-0.15, -0.1) is 0 Å². The number of rotatable bonds is 1. The van der Waals surface area contributed by atoms with Crippen molar-refractivity contribution in [3.05, 3.63) is 29.6 Å². The molecule has 0 aliphatic carbocycles. The maximum atomic E-state index is 13.2. The second kappa shape index (κ2) is 4.51. The Morgan fingerprint density at radius 1 is 1.38 bits per heavy atom. The second-order valence-corrected chi connectivity index (χ2v) is 4.71. The molecule has 1 aromatic rings. The fraction of sp³-hybridized carbons (Fsp3) is 0.417. The van der Waals surface area contributed by atoms with Gasteiger partial charge >= 0.3 is 0 Å². The Balaban J connectivity index is 2.90. The van der Waals surface area contributed by atoms with E-state index < -0.39 is 0 Å². The summed E-state index contributed by atoms with van der Waals surface area (Å²) >= 11 is 0. The molecule has 0 aliphatic rings. The Morgan fingerprint density at radius 3 is 2.56 bits per heavy atom. The molecule has 0 heterocycles. The summed E-state index contributed by atoms with van der Waals surface area (Å²) in [5.41, 5.74) is 6.66. The molecule has 0 radical (unpaired) electrons. The van der Waals surface area contributed by atoms with Crippen molar-refractivity contribution < 1.29 is 4.39 Å². The number of nitrogens with two attached hydrogens (primary N) is 1. The molecular formula is C12H18FN3. The molecule has 0 saturated carbocycles. The second-order valence-electron chi connectivity index (χ2n) is 4.71. The van der Waals surface area contributed by atoms with Crippen LogP contribution in [0.15, 0.2) is 23.2 Å². The van der Waals surface area contributed by atoms with Crippen LogP contribution in [0.25, 0.3) is 0 Å². The van der Waals surface area contributed by atoms with Gasteiger partial charge in [0.2, 0.25) is 0 Å². The van der Waals surface area contributed by atoms with Crippen molar-refractivity contribution in [2.75, 3.05) is 5.32 Å². The van der Waals surface area contributed by atoms with Crippen LogP contribution in [0.4, 0.5) is 10.1 Å². The smallest absolute Gasteiger partial charge is 0.193 e. The van der Waals surface area contributed by atoms with Gasteiger partial charge in [0, 0.05) is 11.3 Å². The summed E-state index contributed by atoms with van der Waals surface area (Å²) in [6.45, 7) is 7.53. The molecule has 88 valence electrons. The summed E-state index contributed by atoms with van der Waals surface area (Å²) in [6.07, 6.45) is 0. The lowest BCUT2D eigenvalue weighted by Crippen LogP contribution is -2.27. The zero-order valence-corrected chi connectivity index (χ0v) is 10.1. The van der Waals surface area contributed by atoms with E-state index in [-0.39, 0.29) is 11.4 Å². The molecule has 0 unspecified atom stereocenters. The number of nitrogens with zero attached hydrogens (tertiary/aromatic N) is 1. The van der Waals surface area contributed by atoms with E-state index in [0.717, 1.165) is 0 Å². The Hall–Kier alpha value is -1.58. The van der Waals surface area contributed by atoms with Crippen molar-refractivity contribution in [2.24, 2.45) is 10.7 Å². The van der Waals surface area contributed by atoms with Crippen LogP contribution in [-0.2, 0) is 0 Å². The third kappa shape index (κ3) is 3.53. The Labute approximate surface area is 95.6 Å². The van der Waals surface area contributed by atoms with Gasteiger partial charge in [0.05, 0.1) is 5.54 Å². The van der Waals surface area contributed by atoms with Crippen molar-refractivity contribution in [3.8, 4) is 0 Å². The molecule has 0 aromatic heterocycles. The van der Waals surface area contributed by atoms with Crippen LogP contribution >= 0.6 is 0 Å². The summed E-state index contributed by atoms with van der Waals surface area (Å²) < 4.78 is 13.2. The highest BCUT2D eigenvalue weighted by atomic mass is 19.1. The van der Waals surface area contributed by atoms with Gasteiger partial charge in [-0.1, -0.05) is 6.07 Å². The lowest BCUT2D eigenvalue weighted by molar-refractivity contribution is 0.583. The van der Waals surface area contributed by atoms with Crippen LogP contribution in [0, 0.1) is 12.7 Å². The number of nitrogens with one attached hydrogen (secondary N) is 1. The molecular weight excluding hydrogens is 205 g/mol. The van der Waals surface area contributed by atoms with E-state index in [2.05, 4.69) is 10.3 Å². The average molecular weight is 223 g/mol. The van der Waals surface area contributed by atoms with Crippen LogP contribution in [0.5, 0.6) is 0 Å². The molecule has 0 bridgehead atoms. The van der Waals surface area contributed by atoms with Gasteiger partial charge in [-0.2, -0.15) is 0 Å². The first-order valence-electron chi connectivity index (χ1n) is 5.17. The van der Waals surface area contributed by atoms with Crippen molar-refractivity contribution in [3.63, 3.8) is 0 Å². The highest BCUT2D eigenvalue weighted by molar-refractivity contribution is 5.93. The van der Waals surface area contributed by atoms with Gasteiger partial charge in [0.25, 0.3) is 0 Å². The summed E-state index contributed by atoms with van der Waals surface area (Å²) in [5, 5.41) is 2.90. The van der Waals surface area contributed by atoms with E-state index in [0.29, 0.717) is 17.2 Å². The standard InChI is InChI=1S/C12H18FN3/c1-8-9(13)6-5-7-10(8)15-11(14)16-12(2,3)4/h5-7H,1-4H3,(H3,14,15,16). The average Bonchev–Trinajstić information content (AvgIpc) is 2.09. The molecule has 1 rings (SSSR count). The monoisotopic (exact) mass is 223 g/mol. The molecule has 1 aromatic carbocycles. The molecule has 3 N–H and O–H groups in total. The van der Waals surface area contributed by atoms with E-state index in [1.165, 1.54) is 6.07 Å². The Bertz CT molecular complexity index is 405. The van der Waals surface area contributed by atoms with Crippen LogP contribution in [0.3, 0.4) is 0 Å². The molecule has 0 atom stereocenters. The highest BCUT2D eigenvalue weighted by Gasteiger charge is 2.09. The molecule has 16 heavy (non-hydrogen) atoms. The number of guanidine groups is 1. The lowest BCUT2D eigenvalue weighted by Gasteiger charge is -2.15. The van der Waals surface area contributed by atoms with Gasteiger partial charge in [-0.05, 0) is 39.8 Å². The molecule has 0 saturated heterocycles. The largest absolute Gasteiger partial charge is 0.370 e. The van der Waals surface area contributed by atoms with Crippen LogP contribution in [0.2, 0.25) is 0 Å². The first-order valence-corrected chi connectivity index (χ1v) is 5.17. The van der Waals surface area contributed by atoms with Crippen LogP contribution < -0.4 is 11.1 Å². The number of hydrogen-bond donors (Lipinski definition) is 2. The number of benzene rings is 1. The minimum absolute atomic E-state index is 0.252. The zero-order chi connectivity index (χ0) is 12.3. The minimum Gasteiger partial charge on any atom is -0.370 e. The molecule has 0 spiro atoms. The fourth-order valence-corrected chi connectivity index (χ4v) is 1.27. The van der Waals surface area contributed by atoms with Gasteiger partial charge in [-0.3, -0.25) is 0 Å². The van der Waals surface area contributed by atoms with Crippen molar-refractivity contribution >= 4 is 11.6 Å². The summed E-state index contributed by atoms with van der Waals surface area (Å²) in [6, 6.07) is 4.82. The molecule has 0 fully saturated rings. The normalized spacial score (nSPS) is 12.7. The minimum atomic E-state index is -0.256. The van der Waals surface area contributed by atoms with Crippen LogP contribution in [0.1, 0.15) is 26.3 Å². The number of halogens is 1. The van der Waals surface area contributed by atoms with E-state index in [4.69, 9.17) is 5.73 Å². The van der Waals surface area contributed by atoms with Crippen molar-refractivity contribution in [1.82, 2.24) is 0 Å². The molecule has 3 nitrogen and oxygen atoms in total. The van der Waals surface area contributed by atoms with Crippen molar-refractivity contribution in [2.45, 2.75) is 33.2 Å². The quantitative estimate of drug-likeness (QED) is 0.568. The SMILES string of the molecule is Cc1c(F)cccc1NC(N)=NC(C)(C)C.